The molecule has 0 amide bonds. The van der Waals surface area contributed by atoms with E-state index in [-0.39, 0.29) is 33.1 Å². The lowest BCUT2D eigenvalue weighted by molar-refractivity contribution is 0.170. The van der Waals surface area contributed by atoms with E-state index in [9.17, 15) is 24.9 Å². The number of fused-ring (bicyclic) bond motifs is 2. The normalized spacial score (nSPS) is 12.7. The molecular weight excluding hydrogens is 364 g/mol. The van der Waals surface area contributed by atoms with Gasteiger partial charge in [-0.2, -0.15) is 0 Å². The maximum absolute atomic E-state index is 12.6. The van der Waals surface area contributed by atoms with Gasteiger partial charge >= 0.3 is 11.3 Å². The molecular formula is C21H16O7. The van der Waals surface area contributed by atoms with Crippen molar-refractivity contribution in [1.82, 2.24) is 0 Å². The van der Waals surface area contributed by atoms with Crippen molar-refractivity contribution >= 4 is 21.9 Å². The lowest BCUT2D eigenvalue weighted by Gasteiger charge is -2.21. The number of rotatable bonds is 3. The van der Waals surface area contributed by atoms with Crippen molar-refractivity contribution in [3.05, 3.63) is 80.5 Å². The predicted molar refractivity (Wildman–Crippen MR) is 102 cm³/mol. The highest BCUT2D eigenvalue weighted by molar-refractivity contribution is 5.86. The highest BCUT2D eigenvalue weighted by atomic mass is 16.4. The Kier molecular flexibility index (Phi) is 4.16. The van der Waals surface area contributed by atoms with Crippen molar-refractivity contribution in [2.24, 2.45) is 0 Å². The molecule has 142 valence electrons. The smallest absolute Gasteiger partial charge is 0.343 e. The first kappa shape index (κ1) is 17.8. The highest BCUT2D eigenvalue weighted by Gasteiger charge is 2.34. The van der Waals surface area contributed by atoms with E-state index in [1.54, 1.807) is 36.4 Å². The van der Waals surface area contributed by atoms with E-state index < -0.39 is 34.8 Å². The number of hydrogen-bond acceptors (Lipinski definition) is 7. The zero-order chi connectivity index (χ0) is 20.0. The molecule has 2 aromatic carbocycles. The molecule has 0 spiro atoms. The minimum atomic E-state index is -1.36. The van der Waals surface area contributed by atoms with E-state index >= 15 is 0 Å². The van der Waals surface area contributed by atoms with Crippen LogP contribution in [0, 0.1) is 0 Å². The van der Waals surface area contributed by atoms with Gasteiger partial charge in [-0.05, 0) is 31.2 Å². The number of aromatic hydroxyl groups is 2. The molecule has 0 aliphatic carbocycles. The maximum Gasteiger partial charge on any atom is 0.343 e. The fourth-order valence-electron chi connectivity index (χ4n) is 3.47. The van der Waals surface area contributed by atoms with Crippen molar-refractivity contribution in [2.75, 3.05) is 0 Å². The topological polar surface area (TPSA) is 121 Å². The number of benzene rings is 2. The molecule has 0 radical (unpaired) electrons. The van der Waals surface area contributed by atoms with Gasteiger partial charge in [0, 0.05) is 0 Å². The average Bonchev–Trinajstić information content (AvgIpc) is 2.66. The van der Waals surface area contributed by atoms with Crippen LogP contribution in [0.25, 0.3) is 21.9 Å². The molecule has 0 saturated carbocycles. The molecule has 0 aliphatic rings. The predicted octanol–water partition coefficient (Wildman–Crippen LogP) is 2.82. The van der Waals surface area contributed by atoms with Crippen molar-refractivity contribution in [3.8, 4) is 11.5 Å². The summed E-state index contributed by atoms with van der Waals surface area (Å²) < 4.78 is 10.5. The molecule has 28 heavy (non-hydrogen) atoms. The molecule has 0 bridgehead atoms. The van der Waals surface area contributed by atoms with Crippen LogP contribution in [0.15, 0.2) is 67.0 Å². The van der Waals surface area contributed by atoms with Gasteiger partial charge in [-0.3, -0.25) is 0 Å². The van der Waals surface area contributed by atoms with Crippen LogP contribution >= 0.6 is 0 Å². The summed E-state index contributed by atoms with van der Waals surface area (Å²) in [6.07, 6.45) is -1.31. The van der Waals surface area contributed by atoms with Gasteiger partial charge in [0.15, 0.2) is 0 Å². The molecule has 2 heterocycles. The lowest BCUT2D eigenvalue weighted by atomic mass is 9.86. The van der Waals surface area contributed by atoms with E-state index in [2.05, 4.69) is 0 Å². The van der Waals surface area contributed by atoms with Gasteiger partial charge < -0.3 is 24.2 Å². The summed E-state index contributed by atoms with van der Waals surface area (Å²) >= 11 is 0. The monoisotopic (exact) mass is 380 g/mol. The first-order chi connectivity index (χ1) is 13.4. The quantitative estimate of drug-likeness (QED) is 0.467. The van der Waals surface area contributed by atoms with Crippen molar-refractivity contribution in [3.63, 3.8) is 0 Å². The Hall–Kier alpha value is -3.58. The Morgan fingerprint density at radius 2 is 1.14 bits per heavy atom. The fraction of sp³-hybridized carbons (Fsp3) is 0.143. The van der Waals surface area contributed by atoms with Crippen LogP contribution in [-0.2, 0) is 0 Å². The van der Waals surface area contributed by atoms with Crippen LogP contribution in [0.4, 0.5) is 0 Å². The van der Waals surface area contributed by atoms with Gasteiger partial charge in [0.05, 0.1) is 33.9 Å². The molecule has 4 rings (SSSR count). The Morgan fingerprint density at radius 3 is 1.54 bits per heavy atom. The second-order valence-electron chi connectivity index (χ2n) is 6.51. The van der Waals surface area contributed by atoms with Gasteiger partial charge in [0.2, 0.25) is 0 Å². The molecule has 2 aromatic heterocycles. The number of hydrogen-bond donors (Lipinski definition) is 3. The molecule has 4 aromatic rings. The van der Waals surface area contributed by atoms with Crippen LogP contribution in [-0.4, -0.2) is 21.4 Å². The van der Waals surface area contributed by atoms with Crippen LogP contribution in [0.3, 0.4) is 0 Å². The molecule has 3 N–H and O–H groups in total. The van der Waals surface area contributed by atoms with Gasteiger partial charge in [-0.1, -0.05) is 24.3 Å². The van der Waals surface area contributed by atoms with Crippen LogP contribution in [0.1, 0.15) is 24.0 Å². The third-order valence-electron chi connectivity index (χ3n) is 4.74. The minimum Gasteiger partial charge on any atom is -0.507 e. The fourth-order valence-corrected chi connectivity index (χ4v) is 3.47. The molecule has 7 nitrogen and oxygen atoms in total. The second kappa shape index (κ2) is 6.54. The Labute approximate surface area is 157 Å². The number of aliphatic hydroxyl groups excluding tert-OH is 1. The van der Waals surface area contributed by atoms with Crippen molar-refractivity contribution in [2.45, 2.75) is 18.9 Å². The molecule has 1 atom stereocenters. The van der Waals surface area contributed by atoms with Gasteiger partial charge in [-0.15, -0.1) is 0 Å². The summed E-state index contributed by atoms with van der Waals surface area (Å²) in [5.74, 6) is -2.21. The molecule has 7 heteroatoms. The van der Waals surface area contributed by atoms with Crippen LogP contribution in [0.2, 0.25) is 0 Å². The van der Waals surface area contributed by atoms with Gasteiger partial charge in [0.1, 0.15) is 22.7 Å². The molecule has 1 unspecified atom stereocenters. The third kappa shape index (κ3) is 2.64. The van der Waals surface area contributed by atoms with Gasteiger partial charge in [-0.25, -0.2) is 9.59 Å². The lowest BCUT2D eigenvalue weighted by Crippen LogP contribution is -2.27. The average molecular weight is 380 g/mol. The van der Waals surface area contributed by atoms with Gasteiger partial charge in [0.25, 0.3) is 0 Å². The van der Waals surface area contributed by atoms with E-state index in [0.717, 1.165) is 0 Å². The summed E-state index contributed by atoms with van der Waals surface area (Å²) in [6.45, 7) is 1.34. The zero-order valence-corrected chi connectivity index (χ0v) is 14.7. The summed E-state index contributed by atoms with van der Waals surface area (Å²) in [5, 5.41) is 32.3. The first-order valence-electron chi connectivity index (χ1n) is 8.57. The zero-order valence-electron chi connectivity index (χ0n) is 14.7. The number of para-hydroxylation sites is 2. The minimum absolute atomic E-state index is 0.160. The SMILES string of the molecule is CC(O)C(c1c(O)c2ccccc2oc1=O)c1c(O)c2ccccc2oc1=O. The summed E-state index contributed by atoms with van der Waals surface area (Å²) in [4.78, 5) is 25.2. The standard InChI is InChI=1S/C21H16O7/c1-10(22)15(16-18(23)11-6-2-4-8-13(11)27-20(16)25)17-19(24)12-7-3-5-9-14(12)28-21(17)26/h2-10,15,22-24H,1H3. The van der Waals surface area contributed by atoms with E-state index in [1.165, 1.54) is 19.1 Å². The summed E-state index contributed by atoms with van der Waals surface area (Å²) in [7, 11) is 0. The molecule has 0 fully saturated rings. The summed E-state index contributed by atoms with van der Waals surface area (Å²) in [6, 6.07) is 12.7. The second-order valence-corrected chi connectivity index (χ2v) is 6.51. The molecule has 0 aliphatic heterocycles. The highest BCUT2D eigenvalue weighted by Crippen LogP contribution is 2.39. The Morgan fingerprint density at radius 1 is 0.750 bits per heavy atom. The third-order valence-corrected chi connectivity index (χ3v) is 4.74. The first-order valence-corrected chi connectivity index (χ1v) is 8.57. The van der Waals surface area contributed by atoms with E-state index in [1.807, 2.05) is 0 Å². The molecule has 0 saturated heterocycles. The Balaban J connectivity index is 2.08. The van der Waals surface area contributed by atoms with Crippen LogP contribution < -0.4 is 11.3 Å². The Bertz CT molecular complexity index is 1210. The maximum atomic E-state index is 12.6. The van der Waals surface area contributed by atoms with E-state index in [4.69, 9.17) is 8.83 Å². The van der Waals surface area contributed by atoms with Crippen molar-refractivity contribution in [1.29, 1.82) is 0 Å². The summed E-state index contributed by atoms with van der Waals surface area (Å²) in [5.41, 5.74) is -2.18. The van der Waals surface area contributed by atoms with Crippen LogP contribution in [0.5, 0.6) is 11.5 Å². The van der Waals surface area contributed by atoms with Crippen molar-refractivity contribution < 1.29 is 24.2 Å². The van der Waals surface area contributed by atoms with E-state index in [0.29, 0.717) is 0 Å². The largest absolute Gasteiger partial charge is 0.507 e. The number of aliphatic hydroxyl groups is 1.